The molecule has 0 spiro atoms. The molecule has 5 heteroatoms. The minimum Gasteiger partial charge on any atom is -0.494 e. The molecule has 0 amide bonds. The van der Waals surface area contributed by atoms with Gasteiger partial charge in [0.05, 0.1) is 12.9 Å². The Morgan fingerprint density at radius 3 is 2.74 bits per heavy atom. The average Bonchev–Trinajstić information content (AvgIpc) is 3.20. The SMILES string of the molecule is CCCCOc1ccc(/C=C2\N=C(c3ccco3)OC2=O)cc1. The fourth-order valence-corrected chi connectivity index (χ4v) is 2.07. The van der Waals surface area contributed by atoms with E-state index in [4.69, 9.17) is 13.9 Å². The third-order valence-electron chi connectivity index (χ3n) is 3.30. The van der Waals surface area contributed by atoms with E-state index >= 15 is 0 Å². The summed E-state index contributed by atoms with van der Waals surface area (Å²) in [5, 5.41) is 0. The second kappa shape index (κ2) is 6.96. The van der Waals surface area contributed by atoms with E-state index in [1.807, 2.05) is 24.3 Å². The van der Waals surface area contributed by atoms with Crippen molar-refractivity contribution >= 4 is 17.9 Å². The number of furan rings is 1. The average molecular weight is 311 g/mol. The van der Waals surface area contributed by atoms with Crippen LogP contribution in [-0.2, 0) is 9.53 Å². The first kappa shape index (κ1) is 15.1. The lowest BCUT2D eigenvalue weighted by molar-refractivity contribution is -0.130. The van der Waals surface area contributed by atoms with Crippen LogP contribution in [0.4, 0.5) is 0 Å². The maximum atomic E-state index is 11.9. The van der Waals surface area contributed by atoms with Gasteiger partial charge in [-0.05, 0) is 42.3 Å². The van der Waals surface area contributed by atoms with Crippen LogP contribution in [0, 0.1) is 0 Å². The van der Waals surface area contributed by atoms with Gasteiger partial charge in [-0.2, -0.15) is 0 Å². The summed E-state index contributed by atoms with van der Waals surface area (Å²) < 4.78 is 15.9. The molecule has 0 unspecified atom stereocenters. The number of hydrogen-bond acceptors (Lipinski definition) is 5. The van der Waals surface area contributed by atoms with Crippen molar-refractivity contribution in [2.75, 3.05) is 6.61 Å². The molecular formula is C18H17NO4. The minimum absolute atomic E-state index is 0.186. The Morgan fingerprint density at radius 2 is 2.04 bits per heavy atom. The molecule has 0 saturated heterocycles. The minimum atomic E-state index is -0.486. The van der Waals surface area contributed by atoms with Gasteiger partial charge in [-0.25, -0.2) is 9.79 Å². The van der Waals surface area contributed by atoms with Gasteiger partial charge in [-0.3, -0.25) is 0 Å². The number of benzene rings is 1. The Labute approximate surface area is 134 Å². The molecule has 118 valence electrons. The molecule has 23 heavy (non-hydrogen) atoms. The topological polar surface area (TPSA) is 61.0 Å². The highest BCUT2D eigenvalue weighted by Gasteiger charge is 2.25. The van der Waals surface area contributed by atoms with Crippen LogP contribution in [-0.4, -0.2) is 18.5 Å². The summed E-state index contributed by atoms with van der Waals surface area (Å²) in [6, 6.07) is 10.9. The van der Waals surface area contributed by atoms with Crippen LogP contribution < -0.4 is 4.74 Å². The number of cyclic esters (lactones) is 1. The van der Waals surface area contributed by atoms with Gasteiger partial charge in [-0.1, -0.05) is 25.5 Å². The number of unbranched alkanes of at least 4 members (excludes halogenated alkanes) is 1. The van der Waals surface area contributed by atoms with Gasteiger partial charge in [0.25, 0.3) is 5.90 Å². The largest absolute Gasteiger partial charge is 0.494 e. The first-order valence-electron chi connectivity index (χ1n) is 7.55. The van der Waals surface area contributed by atoms with E-state index in [2.05, 4.69) is 11.9 Å². The number of carbonyl (C=O) groups is 1. The molecular weight excluding hydrogens is 294 g/mol. The molecule has 0 radical (unpaired) electrons. The highest BCUT2D eigenvalue weighted by atomic mass is 16.6. The van der Waals surface area contributed by atoms with Gasteiger partial charge in [0.15, 0.2) is 11.5 Å². The lowest BCUT2D eigenvalue weighted by Crippen LogP contribution is -2.04. The van der Waals surface area contributed by atoms with Gasteiger partial charge in [0.2, 0.25) is 0 Å². The summed E-state index contributed by atoms with van der Waals surface area (Å²) in [7, 11) is 0. The molecule has 0 aliphatic carbocycles. The second-order valence-electron chi connectivity index (χ2n) is 5.08. The van der Waals surface area contributed by atoms with Crippen molar-refractivity contribution in [3.8, 4) is 5.75 Å². The Balaban J connectivity index is 1.72. The Hall–Kier alpha value is -2.82. The molecule has 2 heterocycles. The van der Waals surface area contributed by atoms with E-state index in [0.717, 1.165) is 24.2 Å². The highest BCUT2D eigenvalue weighted by Crippen LogP contribution is 2.20. The number of nitrogens with zero attached hydrogens (tertiary/aromatic N) is 1. The van der Waals surface area contributed by atoms with Crippen molar-refractivity contribution in [3.05, 3.63) is 59.7 Å². The molecule has 1 aliphatic rings. The zero-order valence-corrected chi connectivity index (χ0v) is 12.8. The first-order chi connectivity index (χ1) is 11.3. The fraction of sp³-hybridized carbons (Fsp3) is 0.222. The quantitative estimate of drug-likeness (QED) is 0.462. The Morgan fingerprint density at radius 1 is 1.22 bits per heavy atom. The van der Waals surface area contributed by atoms with Crippen LogP contribution in [0.25, 0.3) is 6.08 Å². The normalized spacial score (nSPS) is 15.6. The zero-order valence-electron chi connectivity index (χ0n) is 12.8. The number of carbonyl (C=O) groups excluding carboxylic acids is 1. The van der Waals surface area contributed by atoms with E-state index in [9.17, 15) is 4.79 Å². The van der Waals surface area contributed by atoms with E-state index in [1.165, 1.54) is 6.26 Å². The smallest absolute Gasteiger partial charge is 0.363 e. The lowest BCUT2D eigenvalue weighted by Gasteiger charge is -2.05. The monoisotopic (exact) mass is 311 g/mol. The van der Waals surface area contributed by atoms with Gasteiger partial charge in [0.1, 0.15) is 5.75 Å². The summed E-state index contributed by atoms with van der Waals surface area (Å²) in [4.78, 5) is 16.0. The predicted octanol–water partition coefficient (Wildman–Crippen LogP) is 3.80. The lowest BCUT2D eigenvalue weighted by atomic mass is 10.2. The molecule has 1 aromatic heterocycles. The van der Waals surface area contributed by atoms with Crippen LogP contribution in [0.15, 0.2) is 57.8 Å². The zero-order chi connectivity index (χ0) is 16.1. The van der Waals surface area contributed by atoms with E-state index in [-0.39, 0.29) is 11.6 Å². The van der Waals surface area contributed by atoms with Gasteiger partial charge in [0, 0.05) is 0 Å². The van der Waals surface area contributed by atoms with Crippen molar-refractivity contribution in [3.63, 3.8) is 0 Å². The third-order valence-corrected chi connectivity index (χ3v) is 3.30. The fourth-order valence-electron chi connectivity index (χ4n) is 2.07. The molecule has 0 fully saturated rings. The standard InChI is InChI=1S/C18H17NO4/c1-2-3-10-21-14-8-6-13(7-9-14)12-15-18(20)23-17(19-15)16-5-4-11-22-16/h4-9,11-12H,2-3,10H2,1H3/b15-12-. The summed E-state index contributed by atoms with van der Waals surface area (Å²) in [6.45, 7) is 2.83. The van der Waals surface area contributed by atoms with E-state index in [1.54, 1.807) is 18.2 Å². The van der Waals surface area contributed by atoms with Crippen LogP contribution in [0.3, 0.4) is 0 Å². The Kier molecular flexibility index (Phi) is 4.57. The number of aliphatic imine (C=N–C) groups is 1. The molecule has 1 aromatic carbocycles. The van der Waals surface area contributed by atoms with Crippen molar-refractivity contribution < 1.29 is 18.7 Å². The van der Waals surface area contributed by atoms with E-state index < -0.39 is 5.97 Å². The second-order valence-corrected chi connectivity index (χ2v) is 5.08. The highest BCUT2D eigenvalue weighted by molar-refractivity contribution is 6.11. The number of hydrogen-bond donors (Lipinski definition) is 0. The molecule has 0 bridgehead atoms. The molecule has 0 N–H and O–H groups in total. The van der Waals surface area contributed by atoms with Gasteiger partial charge < -0.3 is 13.9 Å². The Bertz CT molecular complexity index is 727. The third kappa shape index (κ3) is 3.69. The molecule has 1 aliphatic heterocycles. The molecule has 3 rings (SSSR count). The molecule has 0 saturated carbocycles. The van der Waals surface area contributed by atoms with E-state index in [0.29, 0.717) is 12.4 Å². The van der Waals surface area contributed by atoms with Crippen LogP contribution >= 0.6 is 0 Å². The summed E-state index contributed by atoms with van der Waals surface area (Å²) in [5.74, 6) is 0.946. The molecule has 2 aromatic rings. The van der Waals surface area contributed by atoms with Gasteiger partial charge >= 0.3 is 5.97 Å². The maximum Gasteiger partial charge on any atom is 0.363 e. The summed E-state index contributed by atoms with van der Waals surface area (Å²) in [5.41, 5.74) is 1.10. The van der Waals surface area contributed by atoms with Crippen molar-refractivity contribution in [2.45, 2.75) is 19.8 Å². The summed E-state index contributed by atoms with van der Waals surface area (Å²) >= 11 is 0. The summed E-state index contributed by atoms with van der Waals surface area (Å²) in [6.07, 6.45) is 5.31. The van der Waals surface area contributed by atoms with Crippen LogP contribution in [0.2, 0.25) is 0 Å². The molecule has 5 nitrogen and oxygen atoms in total. The first-order valence-corrected chi connectivity index (χ1v) is 7.55. The molecule has 0 atom stereocenters. The maximum absolute atomic E-state index is 11.9. The van der Waals surface area contributed by atoms with Crippen LogP contribution in [0.1, 0.15) is 31.1 Å². The number of ether oxygens (including phenoxy) is 2. The predicted molar refractivity (Wildman–Crippen MR) is 86.2 cm³/mol. The van der Waals surface area contributed by atoms with Crippen LogP contribution in [0.5, 0.6) is 5.75 Å². The van der Waals surface area contributed by atoms with Crippen molar-refractivity contribution in [1.82, 2.24) is 0 Å². The van der Waals surface area contributed by atoms with Crippen molar-refractivity contribution in [2.24, 2.45) is 4.99 Å². The van der Waals surface area contributed by atoms with Gasteiger partial charge in [-0.15, -0.1) is 0 Å². The van der Waals surface area contributed by atoms with Crippen molar-refractivity contribution in [1.29, 1.82) is 0 Å². The number of rotatable bonds is 6. The number of esters is 1.